The molecule has 1 fully saturated rings. The third-order valence-corrected chi connectivity index (χ3v) is 5.06. The Morgan fingerprint density at radius 1 is 1.44 bits per heavy atom. The molecule has 0 radical (unpaired) electrons. The van der Waals surface area contributed by atoms with Crippen molar-refractivity contribution < 1.29 is 4.74 Å². The van der Waals surface area contributed by atoms with Gasteiger partial charge in [0.25, 0.3) is 0 Å². The smallest absolute Gasteiger partial charge is 0.213 e. The second kappa shape index (κ2) is 9.33. The lowest BCUT2D eigenvalue weighted by atomic mass is 10.3. The largest absolute Gasteiger partial charge is 0.472 e. The lowest BCUT2D eigenvalue weighted by Crippen LogP contribution is -2.40. The van der Waals surface area contributed by atoms with Crippen molar-refractivity contribution in [1.82, 2.24) is 20.2 Å². The number of aromatic nitrogens is 2. The molecule has 0 saturated carbocycles. The molecule has 1 aliphatic heterocycles. The minimum Gasteiger partial charge on any atom is -0.472 e. The van der Waals surface area contributed by atoms with Crippen LogP contribution in [0.5, 0.6) is 5.88 Å². The topological polar surface area (TPSA) is 62.6 Å². The molecule has 0 aliphatic carbocycles. The average Bonchev–Trinajstić information content (AvgIpc) is 3.16. The van der Waals surface area contributed by atoms with Crippen LogP contribution in [0.15, 0.2) is 29.4 Å². The molecule has 3 heterocycles. The number of halogens is 1. The molecule has 8 heteroatoms. The second-order valence-corrected chi connectivity index (χ2v) is 7.07. The number of nitrogens with one attached hydrogen (secondary N) is 1. The number of hydrogen-bond acceptors (Lipinski definition) is 5. The molecule has 0 bridgehead atoms. The van der Waals surface area contributed by atoms with Crippen LogP contribution in [-0.2, 0) is 6.54 Å². The molecular formula is C17H24IN5OS. The number of pyridine rings is 1. The van der Waals surface area contributed by atoms with Crippen LogP contribution in [0, 0.1) is 13.8 Å². The summed E-state index contributed by atoms with van der Waals surface area (Å²) in [7, 11) is 1.82. The first kappa shape index (κ1) is 19.9. The van der Waals surface area contributed by atoms with Crippen molar-refractivity contribution >= 4 is 41.3 Å². The van der Waals surface area contributed by atoms with Gasteiger partial charge in [-0.3, -0.25) is 4.99 Å². The first-order valence-electron chi connectivity index (χ1n) is 8.12. The fourth-order valence-corrected chi connectivity index (χ4v) is 3.71. The molecule has 1 unspecified atom stereocenters. The number of aliphatic imine (C=N–C) groups is 1. The molecular weight excluding hydrogens is 449 g/mol. The maximum atomic E-state index is 5.94. The van der Waals surface area contributed by atoms with E-state index in [4.69, 9.17) is 4.74 Å². The maximum absolute atomic E-state index is 5.94. The fourth-order valence-electron chi connectivity index (χ4n) is 2.83. The predicted octanol–water partition coefficient (Wildman–Crippen LogP) is 3.00. The van der Waals surface area contributed by atoms with Gasteiger partial charge in [-0.15, -0.1) is 35.3 Å². The standard InChI is InChI=1S/C17H23N5OS.HI/c1-12-15(24-13(2)21-12)10-20-17(18-3)22-9-7-14(11-22)23-16-6-4-5-8-19-16;/h4-6,8,14H,7,9-11H2,1-3H3,(H,18,20);1H. The quantitative estimate of drug-likeness (QED) is 0.421. The van der Waals surface area contributed by atoms with E-state index in [-0.39, 0.29) is 30.1 Å². The second-order valence-electron chi connectivity index (χ2n) is 5.78. The van der Waals surface area contributed by atoms with Crippen molar-refractivity contribution in [3.05, 3.63) is 40.0 Å². The first-order valence-corrected chi connectivity index (χ1v) is 8.93. The Balaban J connectivity index is 0.00000225. The van der Waals surface area contributed by atoms with Crippen LogP contribution in [0.1, 0.15) is 22.0 Å². The van der Waals surface area contributed by atoms with E-state index in [1.54, 1.807) is 17.5 Å². The van der Waals surface area contributed by atoms with Gasteiger partial charge in [0.05, 0.1) is 23.8 Å². The molecule has 0 amide bonds. The first-order chi connectivity index (χ1) is 11.7. The number of likely N-dealkylation sites (tertiary alicyclic amines) is 1. The lowest BCUT2D eigenvalue weighted by Gasteiger charge is -2.21. The Labute approximate surface area is 169 Å². The Kier molecular flexibility index (Phi) is 7.42. The van der Waals surface area contributed by atoms with Crippen LogP contribution in [0.3, 0.4) is 0 Å². The number of hydrogen-bond donors (Lipinski definition) is 1. The predicted molar refractivity (Wildman–Crippen MR) is 112 cm³/mol. The zero-order chi connectivity index (χ0) is 16.9. The number of guanidine groups is 1. The normalized spacial score (nSPS) is 17.3. The average molecular weight is 473 g/mol. The molecule has 2 aromatic rings. The van der Waals surface area contributed by atoms with Gasteiger partial charge in [-0.25, -0.2) is 9.97 Å². The highest BCUT2D eigenvalue weighted by molar-refractivity contribution is 14.0. The van der Waals surface area contributed by atoms with E-state index in [0.29, 0.717) is 5.88 Å². The number of thiazole rings is 1. The summed E-state index contributed by atoms with van der Waals surface area (Å²) in [6.07, 6.45) is 2.86. The van der Waals surface area contributed by atoms with E-state index >= 15 is 0 Å². The fraction of sp³-hybridized carbons (Fsp3) is 0.471. The molecule has 6 nitrogen and oxygen atoms in total. The molecule has 1 N–H and O–H groups in total. The van der Waals surface area contributed by atoms with Crippen LogP contribution in [0.2, 0.25) is 0 Å². The van der Waals surface area contributed by atoms with Crippen LogP contribution < -0.4 is 10.1 Å². The van der Waals surface area contributed by atoms with E-state index in [1.165, 1.54) is 4.88 Å². The monoisotopic (exact) mass is 473 g/mol. The van der Waals surface area contributed by atoms with Crippen molar-refractivity contribution in [1.29, 1.82) is 0 Å². The highest BCUT2D eigenvalue weighted by Gasteiger charge is 2.26. The zero-order valence-corrected chi connectivity index (χ0v) is 17.9. The number of nitrogens with zero attached hydrogens (tertiary/aromatic N) is 4. The van der Waals surface area contributed by atoms with Gasteiger partial charge in [0.1, 0.15) is 6.10 Å². The SMILES string of the molecule is CN=C(NCc1sc(C)nc1C)N1CCC(Oc2ccccn2)C1.I. The lowest BCUT2D eigenvalue weighted by molar-refractivity contribution is 0.205. The summed E-state index contributed by atoms with van der Waals surface area (Å²) in [5, 5.41) is 4.54. The van der Waals surface area contributed by atoms with Crippen molar-refractivity contribution in [2.24, 2.45) is 4.99 Å². The summed E-state index contributed by atoms with van der Waals surface area (Å²) < 4.78 is 5.94. The van der Waals surface area contributed by atoms with E-state index in [2.05, 4.69) is 32.1 Å². The van der Waals surface area contributed by atoms with Gasteiger partial charge < -0.3 is 15.0 Å². The Morgan fingerprint density at radius 2 is 2.28 bits per heavy atom. The van der Waals surface area contributed by atoms with Gasteiger partial charge in [0.15, 0.2) is 5.96 Å². The Hall–Kier alpha value is -1.42. The molecule has 3 rings (SSSR count). The Morgan fingerprint density at radius 3 is 2.92 bits per heavy atom. The highest BCUT2D eigenvalue weighted by atomic mass is 127. The van der Waals surface area contributed by atoms with Gasteiger partial charge in [0.2, 0.25) is 5.88 Å². The van der Waals surface area contributed by atoms with Crippen LogP contribution >= 0.6 is 35.3 Å². The number of aryl methyl sites for hydroxylation is 2. The van der Waals surface area contributed by atoms with Gasteiger partial charge in [-0.1, -0.05) is 6.07 Å². The number of rotatable bonds is 4. The molecule has 1 atom stereocenters. The van der Waals surface area contributed by atoms with Crippen molar-refractivity contribution in [2.75, 3.05) is 20.1 Å². The summed E-state index contributed by atoms with van der Waals surface area (Å²) in [6.45, 7) is 6.59. The Bertz CT molecular complexity index is 706. The van der Waals surface area contributed by atoms with Gasteiger partial charge >= 0.3 is 0 Å². The summed E-state index contributed by atoms with van der Waals surface area (Å²) in [5.41, 5.74) is 1.10. The van der Waals surface area contributed by atoms with E-state index < -0.39 is 0 Å². The van der Waals surface area contributed by atoms with E-state index in [1.807, 2.05) is 32.2 Å². The van der Waals surface area contributed by atoms with Crippen molar-refractivity contribution in [3.8, 4) is 5.88 Å². The minimum absolute atomic E-state index is 0. The molecule has 25 heavy (non-hydrogen) atoms. The summed E-state index contributed by atoms with van der Waals surface area (Å²) in [5.74, 6) is 1.59. The third-order valence-electron chi connectivity index (χ3n) is 3.99. The number of ether oxygens (including phenoxy) is 1. The third kappa shape index (κ3) is 5.27. The minimum atomic E-state index is 0. The maximum Gasteiger partial charge on any atom is 0.213 e. The van der Waals surface area contributed by atoms with Crippen LogP contribution in [0.4, 0.5) is 0 Å². The zero-order valence-electron chi connectivity index (χ0n) is 14.7. The van der Waals surface area contributed by atoms with Crippen molar-refractivity contribution in [3.63, 3.8) is 0 Å². The molecule has 1 aliphatic rings. The summed E-state index contributed by atoms with van der Waals surface area (Å²) in [6, 6.07) is 5.72. The molecule has 136 valence electrons. The summed E-state index contributed by atoms with van der Waals surface area (Å²) >= 11 is 1.73. The van der Waals surface area contributed by atoms with Gasteiger partial charge in [-0.2, -0.15) is 0 Å². The van der Waals surface area contributed by atoms with E-state index in [0.717, 1.165) is 42.7 Å². The molecule has 1 saturated heterocycles. The molecule has 2 aromatic heterocycles. The van der Waals surface area contributed by atoms with Crippen LogP contribution in [0.25, 0.3) is 0 Å². The van der Waals surface area contributed by atoms with Crippen molar-refractivity contribution in [2.45, 2.75) is 32.9 Å². The van der Waals surface area contributed by atoms with Crippen LogP contribution in [-0.4, -0.2) is 47.1 Å². The van der Waals surface area contributed by atoms with Gasteiger partial charge in [0, 0.05) is 37.2 Å². The van der Waals surface area contributed by atoms with Gasteiger partial charge in [-0.05, 0) is 19.9 Å². The van der Waals surface area contributed by atoms with E-state index in [9.17, 15) is 0 Å². The summed E-state index contributed by atoms with van der Waals surface area (Å²) in [4.78, 5) is 16.6. The highest BCUT2D eigenvalue weighted by Crippen LogP contribution is 2.18. The molecule has 0 aromatic carbocycles. The molecule has 0 spiro atoms.